The SMILES string of the molecule is O=CNCc1ccc(CC2C=CC(OC(F)F)=C(c3cccc(F)c3)N2)cc1. The second kappa shape index (κ2) is 9.12. The number of ether oxygens (including phenoxy) is 1. The van der Waals surface area contributed by atoms with Crippen molar-refractivity contribution >= 4 is 12.1 Å². The molecule has 28 heavy (non-hydrogen) atoms. The van der Waals surface area contributed by atoms with E-state index in [0.29, 0.717) is 30.6 Å². The molecule has 0 fully saturated rings. The number of rotatable bonds is 8. The first-order valence-electron chi connectivity index (χ1n) is 8.70. The van der Waals surface area contributed by atoms with E-state index in [1.54, 1.807) is 12.1 Å². The van der Waals surface area contributed by atoms with Crippen LogP contribution in [0, 0.1) is 5.82 Å². The topological polar surface area (TPSA) is 50.4 Å². The minimum absolute atomic E-state index is 0.0351. The van der Waals surface area contributed by atoms with Gasteiger partial charge in [-0.25, -0.2) is 4.39 Å². The first-order chi connectivity index (χ1) is 13.5. The lowest BCUT2D eigenvalue weighted by molar-refractivity contribution is -0.109. The van der Waals surface area contributed by atoms with E-state index in [9.17, 15) is 18.0 Å². The van der Waals surface area contributed by atoms with E-state index in [4.69, 9.17) is 0 Å². The molecule has 3 rings (SSSR count). The Kier molecular flexibility index (Phi) is 6.37. The highest BCUT2D eigenvalue weighted by Gasteiger charge is 2.21. The van der Waals surface area contributed by atoms with Crippen molar-refractivity contribution in [2.45, 2.75) is 25.6 Å². The summed E-state index contributed by atoms with van der Waals surface area (Å²) in [5, 5.41) is 5.76. The van der Waals surface area contributed by atoms with Gasteiger partial charge in [0.1, 0.15) is 11.6 Å². The molecule has 2 aromatic carbocycles. The van der Waals surface area contributed by atoms with E-state index in [2.05, 4.69) is 15.4 Å². The van der Waals surface area contributed by atoms with Crippen molar-refractivity contribution in [3.8, 4) is 0 Å². The zero-order chi connectivity index (χ0) is 19.9. The van der Waals surface area contributed by atoms with Crippen LogP contribution in [0.3, 0.4) is 0 Å². The number of alkyl halides is 2. The molecule has 7 heteroatoms. The number of carbonyl (C=O) groups is 1. The lowest BCUT2D eigenvalue weighted by Gasteiger charge is -2.25. The highest BCUT2D eigenvalue weighted by atomic mass is 19.3. The Morgan fingerprint density at radius 2 is 1.89 bits per heavy atom. The number of hydrogen-bond donors (Lipinski definition) is 2. The number of allylic oxidation sites excluding steroid dienone is 1. The Morgan fingerprint density at radius 1 is 1.14 bits per heavy atom. The predicted molar refractivity (Wildman–Crippen MR) is 99.5 cm³/mol. The summed E-state index contributed by atoms with van der Waals surface area (Å²) >= 11 is 0. The summed E-state index contributed by atoms with van der Waals surface area (Å²) < 4.78 is 43.7. The van der Waals surface area contributed by atoms with Gasteiger partial charge in [-0.3, -0.25) is 4.79 Å². The number of hydrogen-bond acceptors (Lipinski definition) is 3. The molecule has 0 aromatic heterocycles. The molecule has 1 aliphatic rings. The van der Waals surface area contributed by atoms with Crippen molar-refractivity contribution < 1.29 is 22.7 Å². The Labute approximate surface area is 160 Å². The molecule has 0 radical (unpaired) electrons. The van der Waals surface area contributed by atoms with Crippen LogP contribution in [-0.2, 0) is 22.5 Å². The molecule has 2 N–H and O–H groups in total. The van der Waals surface area contributed by atoms with Gasteiger partial charge in [0.25, 0.3) is 0 Å². The van der Waals surface area contributed by atoms with Gasteiger partial charge in [0, 0.05) is 18.2 Å². The van der Waals surface area contributed by atoms with Crippen molar-refractivity contribution in [3.05, 3.63) is 88.9 Å². The summed E-state index contributed by atoms with van der Waals surface area (Å²) in [6, 6.07) is 13.2. The summed E-state index contributed by atoms with van der Waals surface area (Å²) in [4.78, 5) is 10.4. The van der Waals surface area contributed by atoms with Gasteiger partial charge in [-0.15, -0.1) is 0 Å². The number of dihydropyridines is 1. The third kappa shape index (κ3) is 5.16. The third-order valence-electron chi connectivity index (χ3n) is 4.25. The van der Waals surface area contributed by atoms with Crippen molar-refractivity contribution in [2.75, 3.05) is 0 Å². The second-order valence-corrected chi connectivity index (χ2v) is 6.26. The highest BCUT2D eigenvalue weighted by Crippen LogP contribution is 2.25. The first-order valence-corrected chi connectivity index (χ1v) is 8.70. The van der Waals surface area contributed by atoms with Crippen molar-refractivity contribution in [1.29, 1.82) is 0 Å². The molecule has 0 saturated heterocycles. The van der Waals surface area contributed by atoms with Gasteiger partial charge < -0.3 is 15.4 Å². The fraction of sp³-hybridized carbons (Fsp3) is 0.190. The zero-order valence-corrected chi connectivity index (χ0v) is 14.9. The summed E-state index contributed by atoms with van der Waals surface area (Å²) in [5.74, 6) is -0.499. The molecule has 1 aliphatic heterocycles. The van der Waals surface area contributed by atoms with Crippen LogP contribution in [0.15, 0.2) is 66.4 Å². The minimum Gasteiger partial charge on any atom is -0.433 e. The third-order valence-corrected chi connectivity index (χ3v) is 4.25. The highest BCUT2D eigenvalue weighted by molar-refractivity contribution is 5.69. The average Bonchev–Trinajstić information content (AvgIpc) is 2.68. The summed E-state index contributed by atoms with van der Waals surface area (Å²) in [6.07, 6.45) is 4.46. The number of nitrogens with one attached hydrogen (secondary N) is 2. The van der Waals surface area contributed by atoms with Crippen LogP contribution >= 0.6 is 0 Å². The molecule has 0 aliphatic carbocycles. The number of halogens is 3. The van der Waals surface area contributed by atoms with E-state index in [1.165, 1.54) is 24.3 Å². The Morgan fingerprint density at radius 3 is 2.57 bits per heavy atom. The predicted octanol–water partition coefficient (Wildman–Crippen LogP) is 3.75. The molecule has 1 atom stereocenters. The maximum atomic E-state index is 13.6. The second-order valence-electron chi connectivity index (χ2n) is 6.26. The van der Waals surface area contributed by atoms with Crippen LogP contribution in [0.2, 0.25) is 0 Å². The van der Waals surface area contributed by atoms with Gasteiger partial charge >= 0.3 is 6.61 Å². The minimum atomic E-state index is -2.98. The Hall–Kier alpha value is -3.22. The van der Waals surface area contributed by atoms with Gasteiger partial charge in [-0.1, -0.05) is 42.5 Å². The van der Waals surface area contributed by atoms with Gasteiger partial charge in [-0.2, -0.15) is 8.78 Å². The van der Waals surface area contributed by atoms with Crippen LogP contribution in [0.1, 0.15) is 16.7 Å². The van der Waals surface area contributed by atoms with E-state index >= 15 is 0 Å². The fourth-order valence-corrected chi connectivity index (χ4v) is 2.98. The van der Waals surface area contributed by atoms with E-state index < -0.39 is 12.4 Å². The van der Waals surface area contributed by atoms with Crippen LogP contribution in [-0.4, -0.2) is 19.1 Å². The fourth-order valence-electron chi connectivity index (χ4n) is 2.98. The molecular weight excluding hydrogens is 369 g/mol. The molecule has 1 heterocycles. The lowest BCUT2D eigenvalue weighted by Crippen LogP contribution is -2.32. The molecule has 2 aromatic rings. The maximum Gasteiger partial charge on any atom is 0.387 e. The van der Waals surface area contributed by atoms with Gasteiger partial charge in [0.05, 0.1) is 5.70 Å². The normalized spacial score (nSPS) is 16.1. The smallest absolute Gasteiger partial charge is 0.387 e. The lowest BCUT2D eigenvalue weighted by atomic mass is 9.99. The quantitative estimate of drug-likeness (QED) is 0.678. The summed E-state index contributed by atoms with van der Waals surface area (Å²) in [6.45, 7) is -2.53. The monoisotopic (exact) mass is 388 g/mol. The number of benzene rings is 2. The van der Waals surface area contributed by atoms with Gasteiger partial charge in [0.15, 0.2) is 0 Å². The van der Waals surface area contributed by atoms with Crippen LogP contribution < -0.4 is 10.6 Å². The standard InChI is InChI=1S/C21H19F3N2O2/c22-17-3-1-2-16(11-17)20-19(28-21(23)24)9-8-18(26-20)10-14-4-6-15(7-5-14)12-25-13-27/h1-9,11,13,18,21,26H,10,12H2,(H,25,27). The van der Waals surface area contributed by atoms with Gasteiger partial charge in [-0.05, 0) is 35.8 Å². The van der Waals surface area contributed by atoms with Crippen molar-refractivity contribution in [3.63, 3.8) is 0 Å². The zero-order valence-electron chi connectivity index (χ0n) is 14.9. The molecule has 0 saturated carbocycles. The molecule has 4 nitrogen and oxygen atoms in total. The first kappa shape index (κ1) is 19.5. The molecule has 146 valence electrons. The van der Waals surface area contributed by atoms with Crippen molar-refractivity contribution in [2.24, 2.45) is 0 Å². The number of amides is 1. The molecule has 0 bridgehead atoms. The van der Waals surface area contributed by atoms with E-state index in [-0.39, 0.29) is 11.8 Å². The van der Waals surface area contributed by atoms with Crippen LogP contribution in [0.5, 0.6) is 0 Å². The molecule has 0 spiro atoms. The number of carbonyl (C=O) groups excluding carboxylic acids is 1. The Bertz CT molecular complexity index is 879. The average molecular weight is 388 g/mol. The largest absolute Gasteiger partial charge is 0.433 e. The van der Waals surface area contributed by atoms with Gasteiger partial charge in [0.2, 0.25) is 6.41 Å². The summed E-state index contributed by atoms with van der Waals surface area (Å²) in [7, 11) is 0. The molecule has 1 amide bonds. The molecular formula is C21H19F3N2O2. The van der Waals surface area contributed by atoms with Crippen LogP contribution in [0.4, 0.5) is 13.2 Å². The maximum absolute atomic E-state index is 13.6. The Balaban J connectivity index is 1.76. The molecule has 1 unspecified atom stereocenters. The summed E-state index contributed by atoms with van der Waals surface area (Å²) in [5.41, 5.74) is 2.74. The van der Waals surface area contributed by atoms with E-state index in [0.717, 1.165) is 11.1 Å². The van der Waals surface area contributed by atoms with E-state index in [1.807, 2.05) is 24.3 Å². The van der Waals surface area contributed by atoms with Crippen molar-refractivity contribution in [1.82, 2.24) is 10.6 Å². The van der Waals surface area contributed by atoms with Crippen LogP contribution in [0.25, 0.3) is 5.70 Å².